The van der Waals surface area contributed by atoms with E-state index < -0.39 is 0 Å². The minimum Gasteiger partial charge on any atom is -0.113 e. The summed E-state index contributed by atoms with van der Waals surface area (Å²) in [5, 5.41) is 3.21. The van der Waals surface area contributed by atoms with Crippen LogP contribution >= 0.6 is 34.8 Å². The average Bonchev–Trinajstić information content (AvgIpc) is 2.46. The van der Waals surface area contributed by atoms with Gasteiger partial charge in [0.1, 0.15) is 0 Å². The number of fused-ring (bicyclic) bond motifs is 1. The van der Waals surface area contributed by atoms with Gasteiger partial charge in [0.15, 0.2) is 0 Å². The molecule has 1 unspecified atom stereocenters. The van der Waals surface area contributed by atoms with Crippen molar-refractivity contribution in [2.24, 2.45) is 0 Å². The molecule has 0 spiro atoms. The van der Waals surface area contributed by atoms with Crippen molar-refractivity contribution in [1.29, 1.82) is 0 Å². The average molecular weight is 322 g/mol. The molecule has 3 rings (SSSR count). The molecule has 0 radical (unpaired) electrons. The zero-order valence-corrected chi connectivity index (χ0v) is 12.8. The number of halogens is 3. The zero-order chi connectivity index (χ0) is 14.1. The monoisotopic (exact) mass is 320 g/mol. The van der Waals surface area contributed by atoms with E-state index in [0.717, 1.165) is 16.5 Å². The molecule has 3 aromatic carbocycles. The molecular formula is C17H11Cl3. The van der Waals surface area contributed by atoms with Gasteiger partial charge in [-0.05, 0) is 34.0 Å². The van der Waals surface area contributed by atoms with E-state index in [1.807, 2.05) is 36.4 Å². The second-order valence-electron chi connectivity index (χ2n) is 4.60. The van der Waals surface area contributed by atoms with Crippen LogP contribution in [0.4, 0.5) is 0 Å². The lowest BCUT2D eigenvalue weighted by molar-refractivity contribution is 1.16. The summed E-state index contributed by atoms with van der Waals surface area (Å²) in [5.74, 6) is 0. The van der Waals surface area contributed by atoms with Crippen molar-refractivity contribution in [3.63, 3.8) is 0 Å². The standard InChI is InChI=1S/C17H11Cl3/c18-12-8-9-15(16(19)10-12)17(20)14-7-3-5-11-4-1-2-6-13(11)14/h1-10,17H. The number of hydrogen-bond donors (Lipinski definition) is 0. The van der Waals surface area contributed by atoms with Gasteiger partial charge in [-0.2, -0.15) is 0 Å². The second-order valence-corrected chi connectivity index (χ2v) is 5.88. The molecule has 0 heterocycles. The molecule has 20 heavy (non-hydrogen) atoms. The molecular weight excluding hydrogens is 311 g/mol. The van der Waals surface area contributed by atoms with Gasteiger partial charge in [-0.25, -0.2) is 0 Å². The van der Waals surface area contributed by atoms with E-state index in [9.17, 15) is 0 Å². The lowest BCUT2D eigenvalue weighted by Gasteiger charge is -2.15. The third-order valence-corrected chi connectivity index (χ3v) is 4.36. The van der Waals surface area contributed by atoms with E-state index in [2.05, 4.69) is 18.2 Å². The van der Waals surface area contributed by atoms with Gasteiger partial charge in [-0.1, -0.05) is 71.7 Å². The maximum absolute atomic E-state index is 6.64. The first-order valence-electron chi connectivity index (χ1n) is 6.23. The fraction of sp³-hybridized carbons (Fsp3) is 0.0588. The zero-order valence-electron chi connectivity index (χ0n) is 10.5. The smallest absolute Gasteiger partial charge is 0.0855 e. The van der Waals surface area contributed by atoms with Crippen LogP contribution in [0.3, 0.4) is 0 Å². The summed E-state index contributed by atoms with van der Waals surface area (Å²) in [4.78, 5) is 0. The third kappa shape index (κ3) is 2.52. The molecule has 0 nitrogen and oxygen atoms in total. The van der Waals surface area contributed by atoms with Crippen LogP contribution in [0.15, 0.2) is 60.7 Å². The van der Waals surface area contributed by atoms with Gasteiger partial charge in [0.05, 0.1) is 5.38 Å². The first kappa shape index (κ1) is 13.8. The number of benzene rings is 3. The van der Waals surface area contributed by atoms with Gasteiger partial charge in [-0.15, -0.1) is 11.6 Å². The first-order chi connectivity index (χ1) is 9.66. The summed E-state index contributed by atoms with van der Waals surface area (Å²) in [6.07, 6.45) is 0. The van der Waals surface area contributed by atoms with Crippen molar-refractivity contribution >= 4 is 45.6 Å². The van der Waals surface area contributed by atoms with Crippen LogP contribution in [0.25, 0.3) is 10.8 Å². The molecule has 100 valence electrons. The van der Waals surface area contributed by atoms with E-state index in [1.165, 1.54) is 5.39 Å². The molecule has 0 bridgehead atoms. The number of alkyl halides is 1. The minimum atomic E-state index is -0.300. The first-order valence-corrected chi connectivity index (χ1v) is 7.43. The van der Waals surface area contributed by atoms with Crippen molar-refractivity contribution in [1.82, 2.24) is 0 Å². The van der Waals surface area contributed by atoms with Gasteiger partial charge >= 0.3 is 0 Å². The molecule has 0 amide bonds. The van der Waals surface area contributed by atoms with E-state index in [4.69, 9.17) is 34.8 Å². The van der Waals surface area contributed by atoms with Crippen LogP contribution < -0.4 is 0 Å². The summed E-state index contributed by atoms with van der Waals surface area (Å²) >= 11 is 18.8. The Hall–Kier alpha value is -1.21. The Morgan fingerprint density at radius 1 is 0.750 bits per heavy atom. The van der Waals surface area contributed by atoms with E-state index >= 15 is 0 Å². The Bertz CT molecular complexity index is 760. The molecule has 0 aliphatic heterocycles. The summed E-state index contributed by atoms with van der Waals surface area (Å²) in [7, 11) is 0. The maximum atomic E-state index is 6.64. The number of hydrogen-bond acceptors (Lipinski definition) is 0. The Balaban J connectivity index is 2.15. The normalized spacial score (nSPS) is 12.6. The summed E-state index contributed by atoms with van der Waals surface area (Å²) in [6, 6.07) is 19.7. The highest BCUT2D eigenvalue weighted by atomic mass is 35.5. The highest BCUT2D eigenvalue weighted by Crippen LogP contribution is 2.37. The molecule has 0 saturated carbocycles. The van der Waals surface area contributed by atoms with Gasteiger partial charge in [0, 0.05) is 10.0 Å². The molecule has 0 aliphatic carbocycles. The van der Waals surface area contributed by atoms with Gasteiger partial charge < -0.3 is 0 Å². The molecule has 3 heteroatoms. The van der Waals surface area contributed by atoms with Crippen LogP contribution in [0, 0.1) is 0 Å². The minimum absolute atomic E-state index is 0.300. The lowest BCUT2D eigenvalue weighted by atomic mass is 9.98. The maximum Gasteiger partial charge on any atom is 0.0855 e. The van der Waals surface area contributed by atoms with E-state index in [0.29, 0.717) is 10.0 Å². The Morgan fingerprint density at radius 2 is 1.50 bits per heavy atom. The molecule has 1 atom stereocenters. The fourth-order valence-electron chi connectivity index (χ4n) is 2.35. The highest BCUT2D eigenvalue weighted by molar-refractivity contribution is 6.36. The third-order valence-electron chi connectivity index (χ3n) is 3.33. The molecule has 0 aliphatic rings. The fourth-order valence-corrected chi connectivity index (χ4v) is 3.30. The Labute approximate surface area is 132 Å². The lowest BCUT2D eigenvalue weighted by Crippen LogP contribution is -1.95. The van der Waals surface area contributed by atoms with Gasteiger partial charge in [0.25, 0.3) is 0 Å². The predicted molar refractivity (Wildman–Crippen MR) is 88.1 cm³/mol. The molecule has 3 aromatic rings. The van der Waals surface area contributed by atoms with Gasteiger partial charge in [-0.3, -0.25) is 0 Å². The Kier molecular flexibility index (Phi) is 3.89. The van der Waals surface area contributed by atoms with E-state index in [-0.39, 0.29) is 5.38 Å². The quantitative estimate of drug-likeness (QED) is 0.474. The largest absolute Gasteiger partial charge is 0.113 e. The van der Waals surface area contributed by atoms with Crippen LogP contribution in [0.5, 0.6) is 0 Å². The summed E-state index contributed by atoms with van der Waals surface area (Å²) in [6.45, 7) is 0. The van der Waals surface area contributed by atoms with Crippen molar-refractivity contribution < 1.29 is 0 Å². The highest BCUT2D eigenvalue weighted by Gasteiger charge is 2.16. The van der Waals surface area contributed by atoms with Crippen molar-refractivity contribution in [2.45, 2.75) is 5.38 Å². The predicted octanol–water partition coefficient (Wildman–Crippen LogP) is 6.47. The van der Waals surface area contributed by atoms with Crippen LogP contribution in [-0.2, 0) is 0 Å². The van der Waals surface area contributed by atoms with E-state index in [1.54, 1.807) is 6.07 Å². The van der Waals surface area contributed by atoms with Crippen LogP contribution in [0.1, 0.15) is 16.5 Å². The summed E-state index contributed by atoms with van der Waals surface area (Å²) < 4.78 is 0. The number of rotatable bonds is 2. The van der Waals surface area contributed by atoms with Crippen molar-refractivity contribution in [3.8, 4) is 0 Å². The molecule has 0 saturated heterocycles. The molecule has 0 aromatic heterocycles. The van der Waals surface area contributed by atoms with Crippen molar-refractivity contribution in [2.75, 3.05) is 0 Å². The Morgan fingerprint density at radius 3 is 2.30 bits per heavy atom. The second kappa shape index (κ2) is 5.65. The van der Waals surface area contributed by atoms with Crippen LogP contribution in [-0.4, -0.2) is 0 Å². The molecule has 0 fully saturated rings. The SMILES string of the molecule is Clc1ccc(C(Cl)c2cccc3ccccc23)c(Cl)c1. The van der Waals surface area contributed by atoms with Gasteiger partial charge in [0.2, 0.25) is 0 Å². The summed E-state index contributed by atoms with van der Waals surface area (Å²) in [5.41, 5.74) is 1.92. The molecule has 0 N–H and O–H groups in total. The van der Waals surface area contributed by atoms with Crippen molar-refractivity contribution in [3.05, 3.63) is 81.8 Å². The topological polar surface area (TPSA) is 0 Å². The van der Waals surface area contributed by atoms with Crippen LogP contribution in [0.2, 0.25) is 10.0 Å².